The number of allylic oxidation sites excluding steroid dienone is 1. The summed E-state index contributed by atoms with van der Waals surface area (Å²) < 4.78 is 11.2. The third kappa shape index (κ3) is 8.31. The first-order chi connectivity index (χ1) is 30.5. The van der Waals surface area contributed by atoms with E-state index in [9.17, 15) is 9.59 Å². The zero-order valence-electron chi connectivity index (χ0n) is 34.6. The number of H-pyrrole nitrogens is 1. The number of carbonyl (C=O) groups is 2. The Morgan fingerprint density at radius 3 is 2.00 bits per heavy atom. The lowest BCUT2D eigenvalue weighted by atomic mass is 9.85. The Morgan fingerprint density at radius 1 is 0.710 bits per heavy atom. The van der Waals surface area contributed by atoms with Crippen molar-refractivity contribution in [2.75, 3.05) is 13.1 Å². The Hall–Kier alpha value is -6.39. The predicted molar refractivity (Wildman–Crippen MR) is 244 cm³/mol. The molecule has 0 saturated carbocycles. The highest BCUT2D eigenvalue weighted by molar-refractivity contribution is 8.00. The van der Waals surface area contributed by atoms with E-state index >= 15 is 0 Å². The molecule has 2 fully saturated rings. The number of nitrogens with zero attached hydrogens (tertiary/aromatic N) is 4. The van der Waals surface area contributed by atoms with Gasteiger partial charge in [-0.05, 0) is 95.2 Å². The molecule has 1 N–H and O–H groups in total. The van der Waals surface area contributed by atoms with E-state index in [-0.39, 0.29) is 42.2 Å². The molecule has 5 heterocycles. The average Bonchev–Trinajstić information content (AvgIpc) is 4.18. The summed E-state index contributed by atoms with van der Waals surface area (Å²) in [5.74, 6) is 0.794. The summed E-state index contributed by atoms with van der Waals surface area (Å²) in [6, 6.07) is 46.1. The molecule has 0 spiro atoms. The molecule has 312 valence electrons. The Bertz CT molecular complexity index is 2610. The summed E-state index contributed by atoms with van der Waals surface area (Å²) in [5, 5.41) is 0. The maximum absolute atomic E-state index is 13.2. The number of ether oxygens (including phenoxy) is 2. The van der Waals surface area contributed by atoms with Gasteiger partial charge in [-0.2, -0.15) is 0 Å². The van der Waals surface area contributed by atoms with Gasteiger partial charge in [-0.3, -0.25) is 14.8 Å². The normalized spacial score (nSPS) is 20.5. The molecule has 0 aliphatic carbocycles. The van der Waals surface area contributed by atoms with Gasteiger partial charge >= 0.3 is 12.2 Å². The van der Waals surface area contributed by atoms with Gasteiger partial charge in [0.15, 0.2) is 0 Å². The van der Waals surface area contributed by atoms with Gasteiger partial charge in [-0.1, -0.05) is 121 Å². The Balaban J connectivity index is 0.799. The number of aromatic amines is 1. The highest BCUT2D eigenvalue weighted by Gasteiger charge is 2.41. The van der Waals surface area contributed by atoms with Crippen LogP contribution in [-0.2, 0) is 40.3 Å². The largest absolute Gasteiger partial charge is 0.445 e. The molecule has 9 nitrogen and oxygen atoms in total. The predicted octanol–water partition coefficient (Wildman–Crippen LogP) is 11.3. The average molecular weight is 840 g/mol. The van der Waals surface area contributed by atoms with Crippen molar-refractivity contribution >= 4 is 35.2 Å². The molecule has 1 aromatic heterocycles. The van der Waals surface area contributed by atoms with Crippen molar-refractivity contribution in [2.45, 2.75) is 79.9 Å². The number of nitrogens with one attached hydrogen (secondary N) is 1. The van der Waals surface area contributed by atoms with Crippen LogP contribution in [0.4, 0.5) is 9.59 Å². The minimum atomic E-state index is -0.305. The number of hydrogen-bond acceptors (Lipinski definition) is 7. The molecule has 2 amide bonds. The summed E-state index contributed by atoms with van der Waals surface area (Å²) in [5.41, 5.74) is 11.3. The van der Waals surface area contributed by atoms with Gasteiger partial charge in [0.25, 0.3) is 0 Å². The molecule has 3 atom stereocenters. The van der Waals surface area contributed by atoms with Crippen molar-refractivity contribution in [1.82, 2.24) is 19.8 Å². The summed E-state index contributed by atoms with van der Waals surface area (Å²) in [4.78, 5) is 44.5. The number of carbonyl (C=O) groups excluding carboxylic acids is 2. The molecule has 0 bridgehead atoms. The topological polar surface area (TPSA) is 100 Å². The van der Waals surface area contributed by atoms with E-state index < -0.39 is 0 Å². The van der Waals surface area contributed by atoms with E-state index in [1.807, 2.05) is 89.7 Å². The van der Waals surface area contributed by atoms with Crippen LogP contribution >= 0.6 is 11.8 Å². The Morgan fingerprint density at radius 2 is 1.32 bits per heavy atom. The first-order valence-electron chi connectivity index (χ1n) is 21.7. The first-order valence-corrected chi connectivity index (χ1v) is 22.5. The number of aliphatic imine (C=N–C) groups is 1. The van der Waals surface area contributed by atoms with E-state index in [2.05, 4.69) is 77.8 Å². The van der Waals surface area contributed by atoms with Crippen LogP contribution in [0, 0.1) is 0 Å². The molecule has 6 aromatic rings. The summed E-state index contributed by atoms with van der Waals surface area (Å²) >= 11 is 1.96. The molecule has 10 rings (SSSR count). The minimum Gasteiger partial charge on any atom is -0.445 e. The molecule has 2 saturated heterocycles. The van der Waals surface area contributed by atoms with E-state index in [0.29, 0.717) is 13.1 Å². The van der Waals surface area contributed by atoms with Crippen LogP contribution in [0.3, 0.4) is 0 Å². The molecule has 1 unspecified atom stereocenters. The quantitative estimate of drug-likeness (QED) is 0.139. The van der Waals surface area contributed by atoms with Crippen LogP contribution in [0.5, 0.6) is 0 Å². The van der Waals surface area contributed by atoms with Crippen molar-refractivity contribution in [3.8, 4) is 11.3 Å². The molecular weight excluding hydrogens is 791 g/mol. The molecule has 4 aliphatic heterocycles. The number of thioether (sulfide) groups is 1. The second-order valence-corrected chi connectivity index (χ2v) is 18.2. The van der Waals surface area contributed by atoms with Gasteiger partial charge in [-0.25, -0.2) is 14.6 Å². The third-order valence-corrected chi connectivity index (χ3v) is 14.2. The molecule has 62 heavy (non-hydrogen) atoms. The number of benzene rings is 5. The van der Waals surface area contributed by atoms with Gasteiger partial charge in [0.05, 0.1) is 28.7 Å². The maximum atomic E-state index is 13.2. The number of imidazole rings is 1. The van der Waals surface area contributed by atoms with E-state index in [1.54, 1.807) is 4.90 Å². The summed E-state index contributed by atoms with van der Waals surface area (Å²) in [6.07, 6.45) is 9.40. The van der Waals surface area contributed by atoms with Crippen LogP contribution in [0.1, 0.15) is 77.4 Å². The highest BCUT2D eigenvalue weighted by Crippen LogP contribution is 2.54. The van der Waals surface area contributed by atoms with Gasteiger partial charge in [0.2, 0.25) is 0 Å². The first kappa shape index (κ1) is 39.7. The smallest absolute Gasteiger partial charge is 0.410 e. The number of likely N-dealkylation sites (tertiary alicyclic amines) is 2. The monoisotopic (exact) mass is 839 g/mol. The summed E-state index contributed by atoms with van der Waals surface area (Å²) in [6.45, 7) is 1.86. The standard InChI is InChI=1S/C52H49N5O4S/c58-50(60-34-37-12-4-1-5-13-37)56-26-10-18-46(56)44-29-42(32-53-44)39-22-20-36(21-23-39)30-52(43-16-8-3-9-17-43)31-41-28-40(24-25-48(41)62-52)45-33-54-49(55-45)47-19-11-27-57(47)51(59)61-35-38-14-6-2-7-15-38/h1-9,12-17,20-25,28,32-33,46-47H,10-11,18-19,26-27,29-31,34-35H2,(H,54,55)/t46-,47-,52?/m0/s1. The number of rotatable bonds is 11. The molecule has 5 aromatic carbocycles. The lowest BCUT2D eigenvalue weighted by Gasteiger charge is -2.29. The second-order valence-electron chi connectivity index (χ2n) is 16.8. The minimum absolute atomic E-state index is 0.0346. The molecule has 0 radical (unpaired) electrons. The van der Waals surface area contributed by atoms with Crippen molar-refractivity contribution in [3.63, 3.8) is 0 Å². The van der Waals surface area contributed by atoms with E-state index in [0.717, 1.165) is 84.4 Å². The van der Waals surface area contributed by atoms with Crippen LogP contribution in [0.25, 0.3) is 16.8 Å². The number of fused-ring (bicyclic) bond motifs is 1. The number of hydrogen-bond donors (Lipinski definition) is 1. The van der Waals surface area contributed by atoms with Crippen LogP contribution in [0.15, 0.2) is 156 Å². The zero-order valence-corrected chi connectivity index (χ0v) is 35.4. The van der Waals surface area contributed by atoms with E-state index in [4.69, 9.17) is 19.5 Å². The Kier molecular flexibility index (Phi) is 11.2. The van der Waals surface area contributed by atoms with Crippen LogP contribution in [-0.4, -0.2) is 56.8 Å². The van der Waals surface area contributed by atoms with Crippen LogP contribution < -0.4 is 0 Å². The highest BCUT2D eigenvalue weighted by atomic mass is 32.2. The van der Waals surface area contributed by atoms with E-state index in [1.165, 1.54) is 27.2 Å². The number of amides is 2. The van der Waals surface area contributed by atoms with Gasteiger partial charge in [0.1, 0.15) is 19.0 Å². The summed E-state index contributed by atoms with van der Waals surface area (Å²) in [7, 11) is 0. The second kappa shape index (κ2) is 17.5. The van der Waals surface area contributed by atoms with Crippen LogP contribution in [0.2, 0.25) is 0 Å². The molecular formula is C52H49N5O4S. The lowest BCUT2D eigenvalue weighted by Crippen LogP contribution is -2.40. The SMILES string of the molecule is O=C(OCc1ccccc1)N1CCC[C@H]1C1=NC=C(c2ccc(CC3(c4ccccc4)Cc4cc(-c5cnc([C@@H]6CCCN6C(=O)OCc6ccccc6)[nH]5)ccc4S3)cc2)C1. The maximum Gasteiger partial charge on any atom is 0.410 e. The fourth-order valence-corrected chi connectivity index (χ4v) is 11.0. The molecule has 4 aliphatic rings. The fraction of sp³-hybridized carbons (Fsp3) is 0.269. The van der Waals surface area contributed by atoms with Crippen molar-refractivity contribution in [2.24, 2.45) is 4.99 Å². The van der Waals surface area contributed by atoms with Crippen molar-refractivity contribution < 1.29 is 19.1 Å². The van der Waals surface area contributed by atoms with Crippen molar-refractivity contribution in [3.05, 3.63) is 185 Å². The van der Waals surface area contributed by atoms with Gasteiger partial charge in [0, 0.05) is 36.3 Å². The van der Waals surface area contributed by atoms with Crippen molar-refractivity contribution in [1.29, 1.82) is 0 Å². The third-order valence-electron chi connectivity index (χ3n) is 12.7. The van der Waals surface area contributed by atoms with Gasteiger partial charge < -0.3 is 14.5 Å². The molecule has 10 heteroatoms. The Labute approximate surface area is 366 Å². The lowest BCUT2D eigenvalue weighted by molar-refractivity contribution is 0.0909. The van der Waals surface area contributed by atoms with Gasteiger partial charge in [-0.15, -0.1) is 11.8 Å². The fourth-order valence-electron chi connectivity index (χ4n) is 9.49. The zero-order chi connectivity index (χ0) is 41.9. The number of aromatic nitrogens is 2.